The lowest BCUT2D eigenvalue weighted by Crippen LogP contribution is -2.27. The first-order chi connectivity index (χ1) is 13.8. The van der Waals surface area contributed by atoms with Gasteiger partial charge < -0.3 is 19.8 Å². The highest BCUT2D eigenvalue weighted by atomic mass is 32.2. The summed E-state index contributed by atoms with van der Waals surface area (Å²) in [5.41, 5.74) is 9.77. The molecule has 0 aromatic carbocycles. The first-order valence-corrected chi connectivity index (χ1v) is 11.6. The number of nitrogens with two attached hydrogens (primary N) is 1. The van der Waals surface area contributed by atoms with Gasteiger partial charge in [-0.15, -0.1) is 0 Å². The first kappa shape index (κ1) is 21.9. The minimum Gasteiger partial charge on any atom is -0.384 e. The number of rotatable bonds is 10. The first-order valence-electron chi connectivity index (χ1n) is 10.0. The average molecular weight is 426 g/mol. The lowest BCUT2D eigenvalue weighted by atomic mass is 10.2. The normalized spacial score (nSPS) is 16.8. The number of methoxy groups -OCH3 is 1. The summed E-state index contributed by atoms with van der Waals surface area (Å²) in [5, 5.41) is 0. The summed E-state index contributed by atoms with van der Waals surface area (Å²) >= 11 is 0. The molecule has 3 rings (SSSR count). The molecular weight excluding hydrogens is 394 g/mol. The molecule has 0 saturated carbocycles. The van der Waals surface area contributed by atoms with Crippen LogP contribution in [0.25, 0.3) is 11.0 Å². The Kier molecular flexibility index (Phi) is 7.10. The second-order valence-electron chi connectivity index (χ2n) is 7.36. The van der Waals surface area contributed by atoms with Gasteiger partial charge in [-0.05, 0) is 32.3 Å². The van der Waals surface area contributed by atoms with Crippen LogP contribution in [0.3, 0.4) is 0 Å². The zero-order chi connectivity index (χ0) is 21.0. The fraction of sp³-hybridized carbons (Fsp3) is 0.684. The third-order valence-electron chi connectivity index (χ3n) is 5.36. The molecule has 0 atom stereocenters. The molecule has 0 unspecified atom stereocenters. The predicted octanol–water partition coefficient (Wildman–Crippen LogP) is 1.26. The maximum atomic E-state index is 11.8. The van der Waals surface area contributed by atoms with Crippen molar-refractivity contribution in [3.63, 3.8) is 0 Å². The number of sulfonamides is 1. The molecular formula is C19H31N5O4S. The van der Waals surface area contributed by atoms with Crippen LogP contribution in [-0.2, 0) is 32.5 Å². The highest BCUT2D eigenvalue weighted by molar-refractivity contribution is 7.89. The Morgan fingerprint density at radius 2 is 1.93 bits per heavy atom. The number of ether oxygens (including phenoxy) is 2. The number of nitrogen functional groups attached to an aromatic ring is 1. The van der Waals surface area contributed by atoms with Crippen molar-refractivity contribution in [2.24, 2.45) is 0 Å². The molecule has 0 aliphatic carbocycles. The van der Waals surface area contributed by atoms with Gasteiger partial charge >= 0.3 is 0 Å². The smallest absolute Gasteiger partial charge is 0.214 e. The Labute approximate surface area is 172 Å². The molecule has 0 amide bonds. The molecule has 1 aliphatic heterocycles. The van der Waals surface area contributed by atoms with Gasteiger partial charge in [0.25, 0.3) is 0 Å². The lowest BCUT2D eigenvalue weighted by molar-refractivity contribution is 0.120. The second kappa shape index (κ2) is 9.38. The van der Waals surface area contributed by atoms with E-state index in [-0.39, 0.29) is 5.75 Å². The molecule has 10 heteroatoms. The van der Waals surface area contributed by atoms with Crippen LogP contribution in [0, 0.1) is 13.8 Å². The standard InChI is InChI=1S/C19H31N5O4S/c1-14-15(2)21-19(20)17-18(14)24(16(22-17)6-11-27-3)9-12-28-10-4-7-23-8-5-13-29(23,25)26/h4-13H2,1-3H3,(H2,20,21). The van der Waals surface area contributed by atoms with Crippen molar-refractivity contribution >= 4 is 26.9 Å². The van der Waals surface area contributed by atoms with E-state index in [9.17, 15) is 8.42 Å². The van der Waals surface area contributed by atoms with Crippen LogP contribution in [0.15, 0.2) is 0 Å². The molecule has 0 radical (unpaired) electrons. The Morgan fingerprint density at radius 1 is 1.14 bits per heavy atom. The van der Waals surface area contributed by atoms with Gasteiger partial charge in [0.2, 0.25) is 10.0 Å². The Morgan fingerprint density at radius 3 is 2.62 bits per heavy atom. The van der Waals surface area contributed by atoms with Crippen molar-refractivity contribution in [2.75, 3.05) is 51.5 Å². The van der Waals surface area contributed by atoms with E-state index >= 15 is 0 Å². The van der Waals surface area contributed by atoms with Gasteiger partial charge in [-0.3, -0.25) is 0 Å². The van der Waals surface area contributed by atoms with Crippen molar-refractivity contribution in [1.82, 2.24) is 18.8 Å². The minimum atomic E-state index is -3.03. The number of anilines is 1. The van der Waals surface area contributed by atoms with E-state index in [1.54, 1.807) is 11.4 Å². The largest absolute Gasteiger partial charge is 0.384 e. The van der Waals surface area contributed by atoms with Gasteiger partial charge in [0.15, 0.2) is 5.82 Å². The quantitative estimate of drug-likeness (QED) is 0.570. The molecule has 0 spiro atoms. The summed E-state index contributed by atoms with van der Waals surface area (Å²) in [6, 6.07) is 0. The highest BCUT2D eigenvalue weighted by Crippen LogP contribution is 2.26. The Balaban J connectivity index is 1.62. The molecule has 1 saturated heterocycles. The van der Waals surface area contributed by atoms with Crippen LogP contribution in [0.2, 0.25) is 0 Å². The van der Waals surface area contributed by atoms with Crippen LogP contribution in [0.1, 0.15) is 29.9 Å². The topological polar surface area (TPSA) is 113 Å². The van der Waals surface area contributed by atoms with Gasteiger partial charge in [0, 0.05) is 45.5 Å². The van der Waals surface area contributed by atoms with E-state index < -0.39 is 10.0 Å². The van der Waals surface area contributed by atoms with E-state index in [2.05, 4.69) is 9.55 Å². The number of pyridine rings is 1. The number of hydrogen-bond acceptors (Lipinski definition) is 7. The van der Waals surface area contributed by atoms with Gasteiger partial charge in [0.1, 0.15) is 11.3 Å². The van der Waals surface area contributed by atoms with E-state index in [0.717, 1.165) is 34.5 Å². The zero-order valence-electron chi connectivity index (χ0n) is 17.5. The van der Waals surface area contributed by atoms with Crippen LogP contribution in [0.4, 0.5) is 5.82 Å². The summed E-state index contributed by atoms with van der Waals surface area (Å²) in [6.45, 7) is 7.37. The van der Waals surface area contributed by atoms with Gasteiger partial charge in [0.05, 0.1) is 24.5 Å². The third-order valence-corrected chi connectivity index (χ3v) is 7.32. The highest BCUT2D eigenvalue weighted by Gasteiger charge is 2.27. The average Bonchev–Trinajstić information content (AvgIpc) is 3.21. The van der Waals surface area contributed by atoms with Crippen LogP contribution < -0.4 is 5.73 Å². The number of fused-ring (bicyclic) bond motifs is 1. The molecule has 2 N–H and O–H groups in total. The molecule has 1 fully saturated rings. The molecule has 2 aromatic heterocycles. The van der Waals surface area contributed by atoms with E-state index in [4.69, 9.17) is 20.2 Å². The maximum Gasteiger partial charge on any atom is 0.214 e. The van der Waals surface area contributed by atoms with Crippen molar-refractivity contribution < 1.29 is 17.9 Å². The molecule has 0 bridgehead atoms. The number of aryl methyl sites for hydroxylation is 2. The Hall–Kier alpha value is -1.75. The maximum absolute atomic E-state index is 11.8. The Bertz CT molecular complexity index is 957. The number of imidazole rings is 1. The van der Waals surface area contributed by atoms with E-state index in [1.165, 1.54) is 0 Å². The van der Waals surface area contributed by atoms with Crippen molar-refractivity contribution in [3.05, 3.63) is 17.1 Å². The van der Waals surface area contributed by atoms with Crippen molar-refractivity contribution in [2.45, 2.75) is 39.7 Å². The van der Waals surface area contributed by atoms with Gasteiger partial charge in [-0.25, -0.2) is 22.7 Å². The second-order valence-corrected chi connectivity index (χ2v) is 9.45. The monoisotopic (exact) mass is 425 g/mol. The van der Waals surface area contributed by atoms with Gasteiger partial charge in [-0.2, -0.15) is 0 Å². The van der Waals surface area contributed by atoms with Crippen LogP contribution in [0.5, 0.6) is 0 Å². The molecule has 9 nitrogen and oxygen atoms in total. The van der Waals surface area contributed by atoms with Crippen molar-refractivity contribution in [3.8, 4) is 0 Å². The number of nitrogens with zero attached hydrogens (tertiary/aromatic N) is 4. The third kappa shape index (κ3) is 4.88. The molecule has 2 aromatic rings. The molecule has 3 heterocycles. The zero-order valence-corrected chi connectivity index (χ0v) is 18.3. The summed E-state index contributed by atoms with van der Waals surface area (Å²) in [5.74, 6) is 1.60. The lowest BCUT2D eigenvalue weighted by Gasteiger charge is -2.14. The van der Waals surface area contributed by atoms with Crippen LogP contribution in [-0.4, -0.2) is 73.0 Å². The number of hydrogen-bond donors (Lipinski definition) is 1. The minimum absolute atomic E-state index is 0.266. The van der Waals surface area contributed by atoms with Crippen LogP contribution >= 0.6 is 0 Å². The SMILES string of the molecule is COCCc1nc2c(N)nc(C)c(C)c2n1CCOCCCN1CCCS1(=O)=O. The molecule has 162 valence electrons. The molecule has 1 aliphatic rings. The summed E-state index contributed by atoms with van der Waals surface area (Å²) in [6.07, 6.45) is 2.09. The van der Waals surface area contributed by atoms with Gasteiger partial charge in [-0.1, -0.05) is 0 Å². The van der Waals surface area contributed by atoms with Crippen molar-refractivity contribution in [1.29, 1.82) is 0 Å². The fourth-order valence-corrected chi connectivity index (χ4v) is 5.28. The summed E-state index contributed by atoms with van der Waals surface area (Å²) in [4.78, 5) is 9.09. The summed E-state index contributed by atoms with van der Waals surface area (Å²) in [7, 11) is -1.36. The fourth-order valence-electron chi connectivity index (χ4n) is 3.72. The summed E-state index contributed by atoms with van der Waals surface area (Å²) < 4.78 is 38.4. The predicted molar refractivity (Wildman–Crippen MR) is 112 cm³/mol. The van der Waals surface area contributed by atoms with E-state index in [0.29, 0.717) is 58.1 Å². The van der Waals surface area contributed by atoms with E-state index in [1.807, 2.05) is 13.8 Å². The number of aromatic nitrogens is 3. The molecule has 29 heavy (non-hydrogen) atoms.